The SMILES string of the molecule is O=C1OC(=O)OC2CC=CCC2O1. The highest BCUT2D eigenvalue weighted by Gasteiger charge is 2.34. The third kappa shape index (κ3) is 1.63. The number of carbonyl (C=O) groups is 2. The molecule has 1 fully saturated rings. The van der Waals surface area contributed by atoms with E-state index in [0.717, 1.165) is 0 Å². The fraction of sp³-hybridized carbons (Fsp3) is 0.500. The molecule has 0 amide bonds. The van der Waals surface area contributed by atoms with Crippen molar-refractivity contribution >= 4 is 12.3 Å². The number of rotatable bonds is 0. The molecule has 1 aliphatic carbocycles. The third-order valence-corrected chi connectivity index (χ3v) is 1.98. The lowest BCUT2D eigenvalue weighted by molar-refractivity contribution is 0.0130. The van der Waals surface area contributed by atoms with Crippen LogP contribution in [-0.2, 0) is 14.2 Å². The zero-order valence-electron chi connectivity index (χ0n) is 6.76. The van der Waals surface area contributed by atoms with Crippen LogP contribution in [0.5, 0.6) is 0 Å². The van der Waals surface area contributed by atoms with Crippen molar-refractivity contribution in [3.8, 4) is 0 Å². The number of carbonyl (C=O) groups excluding carboxylic acids is 2. The second-order valence-corrected chi connectivity index (χ2v) is 2.86. The van der Waals surface area contributed by atoms with Crippen molar-refractivity contribution in [2.24, 2.45) is 0 Å². The second kappa shape index (κ2) is 3.08. The molecule has 0 aromatic carbocycles. The molecule has 5 nitrogen and oxygen atoms in total. The van der Waals surface area contributed by atoms with Crippen molar-refractivity contribution in [2.75, 3.05) is 0 Å². The van der Waals surface area contributed by atoms with Crippen molar-refractivity contribution in [1.29, 1.82) is 0 Å². The normalized spacial score (nSPS) is 32.3. The van der Waals surface area contributed by atoms with Crippen LogP contribution in [0.15, 0.2) is 12.2 Å². The Morgan fingerprint density at radius 1 is 1.00 bits per heavy atom. The summed E-state index contributed by atoms with van der Waals surface area (Å²) in [6.45, 7) is 0. The molecule has 0 N–H and O–H groups in total. The molecule has 2 atom stereocenters. The average Bonchev–Trinajstić information content (AvgIpc) is 2.20. The van der Waals surface area contributed by atoms with Crippen LogP contribution in [0, 0.1) is 0 Å². The van der Waals surface area contributed by atoms with Crippen LogP contribution in [0.3, 0.4) is 0 Å². The molecule has 0 spiro atoms. The molecule has 5 heteroatoms. The van der Waals surface area contributed by atoms with E-state index in [0.29, 0.717) is 12.8 Å². The van der Waals surface area contributed by atoms with Crippen LogP contribution >= 0.6 is 0 Å². The van der Waals surface area contributed by atoms with Crippen LogP contribution in [0.25, 0.3) is 0 Å². The van der Waals surface area contributed by atoms with E-state index in [9.17, 15) is 9.59 Å². The first-order valence-electron chi connectivity index (χ1n) is 4.00. The van der Waals surface area contributed by atoms with E-state index >= 15 is 0 Å². The van der Waals surface area contributed by atoms with Gasteiger partial charge in [-0.15, -0.1) is 0 Å². The fourth-order valence-electron chi connectivity index (χ4n) is 1.38. The van der Waals surface area contributed by atoms with Gasteiger partial charge < -0.3 is 14.2 Å². The molecule has 2 unspecified atom stereocenters. The summed E-state index contributed by atoms with van der Waals surface area (Å²) in [5, 5.41) is 0. The fourth-order valence-corrected chi connectivity index (χ4v) is 1.38. The van der Waals surface area contributed by atoms with Crippen molar-refractivity contribution in [3.05, 3.63) is 12.2 Å². The van der Waals surface area contributed by atoms with Crippen LogP contribution < -0.4 is 0 Å². The largest absolute Gasteiger partial charge is 0.519 e. The minimum absolute atomic E-state index is 0.399. The highest BCUT2D eigenvalue weighted by atomic mass is 16.8. The van der Waals surface area contributed by atoms with E-state index in [1.807, 2.05) is 12.2 Å². The zero-order valence-corrected chi connectivity index (χ0v) is 6.76. The maximum absolute atomic E-state index is 10.8. The van der Waals surface area contributed by atoms with Gasteiger partial charge in [-0.2, -0.15) is 0 Å². The summed E-state index contributed by atoms with van der Waals surface area (Å²) in [6, 6.07) is 0. The highest BCUT2D eigenvalue weighted by molar-refractivity contribution is 5.77. The lowest BCUT2D eigenvalue weighted by Crippen LogP contribution is -2.32. The molecule has 0 saturated carbocycles. The minimum Gasteiger partial charge on any atom is -0.426 e. The summed E-state index contributed by atoms with van der Waals surface area (Å²) in [7, 11) is 0. The molecular weight excluding hydrogens is 176 g/mol. The molecule has 1 aliphatic heterocycles. The van der Waals surface area contributed by atoms with Crippen molar-refractivity contribution in [2.45, 2.75) is 25.0 Å². The van der Waals surface area contributed by atoms with E-state index in [2.05, 4.69) is 4.74 Å². The van der Waals surface area contributed by atoms with Crippen molar-refractivity contribution in [1.82, 2.24) is 0 Å². The Labute approximate surface area is 74.3 Å². The van der Waals surface area contributed by atoms with Gasteiger partial charge in [-0.25, -0.2) is 9.59 Å². The Kier molecular flexibility index (Phi) is 1.92. The van der Waals surface area contributed by atoms with Crippen molar-refractivity contribution in [3.63, 3.8) is 0 Å². The van der Waals surface area contributed by atoms with Gasteiger partial charge in [0, 0.05) is 12.8 Å². The number of hydrogen-bond acceptors (Lipinski definition) is 5. The van der Waals surface area contributed by atoms with Gasteiger partial charge in [0.15, 0.2) is 0 Å². The van der Waals surface area contributed by atoms with Crippen LogP contribution in [-0.4, -0.2) is 24.5 Å². The highest BCUT2D eigenvalue weighted by Crippen LogP contribution is 2.22. The smallest absolute Gasteiger partial charge is 0.426 e. The van der Waals surface area contributed by atoms with Gasteiger partial charge in [-0.3, -0.25) is 0 Å². The Morgan fingerprint density at radius 3 is 1.92 bits per heavy atom. The summed E-state index contributed by atoms with van der Waals surface area (Å²) in [6.07, 6.45) is 2.13. The van der Waals surface area contributed by atoms with Crippen LogP contribution in [0.4, 0.5) is 9.59 Å². The van der Waals surface area contributed by atoms with Crippen LogP contribution in [0.1, 0.15) is 12.8 Å². The summed E-state index contributed by atoms with van der Waals surface area (Å²) in [5.41, 5.74) is 0. The Hall–Kier alpha value is -1.52. The van der Waals surface area contributed by atoms with Gasteiger partial charge in [0.1, 0.15) is 12.2 Å². The minimum atomic E-state index is -0.979. The summed E-state index contributed by atoms with van der Waals surface area (Å²) in [5.74, 6) is 0. The molecule has 0 aromatic heterocycles. The van der Waals surface area contributed by atoms with E-state index < -0.39 is 24.5 Å². The Balaban J connectivity index is 2.15. The van der Waals surface area contributed by atoms with Gasteiger partial charge in [-0.1, -0.05) is 12.2 Å². The van der Waals surface area contributed by atoms with Crippen LogP contribution in [0.2, 0.25) is 0 Å². The van der Waals surface area contributed by atoms with Crippen molar-refractivity contribution < 1.29 is 23.8 Å². The molecule has 2 aliphatic rings. The summed E-state index contributed by atoms with van der Waals surface area (Å²) >= 11 is 0. The molecule has 0 bridgehead atoms. The third-order valence-electron chi connectivity index (χ3n) is 1.98. The van der Waals surface area contributed by atoms with E-state index in [-0.39, 0.29) is 0 Å². The number of ether oxygens (including phenoxy) is 3. The second-order valence-electron chi connectivity index (χ2n) is 2.86. The van der Waals surface area contributed by atoms with Gasteiger partial charge in [0.05, 0.1) is 0 Å². The van der Waals surface area contributed by atoms with E-state index in [1.54, 1.807) is 0 Å². The van der Waals surface area contributed by atoms with E-state index in [4.69, 9.17) is 9.47 Å². The molecule has 70 valence electrons. The van der Waals surface area contributed by atoms with Gasteiger partial charge in [-0.05, 0) is 0 Å². The number of fused-ring (bicyclic) bond motifs is 1. The molecular formula is C8H8O5. The first kappa shape index (κ1) is 8.10. The molecule has 13 heavy (non-hydrogen) atoms. The standard InChI is InChI=1S/C8H8O5/c9-7-11-5-3-1-2-4-6(5)12-8(10)13-7/h1-2,5-6H,3-4H2. The van der Waals surface area contributed by atoms with Gasteiger partial charge in [0.2, 0.25) is 0 Å². The maximum atomic E-state index is 10.8. The summed E-state index contributed by atoms with van der Waals surface area (Å²) < 4.78 is 13.8. The lowest BCUT2D eigenvalue weighted by atomic mass is 10.0. The zero-order chi connectivity index (χ0) is 9.26. The molecule has 1 heterocycles. The number of cyclic esters (lactones) is 2. The summed E-state index contributed by atoms with van der Waals surface area (Å²) in [4.78, 5) is 21.6. The van der Waals surface area contributed by atoms with Gasteiger partial charge >= 0.3 is 12.3 Å². The Morgan fingerprint density at radius 2 is 1.46 bits per heavy atom. The van der Waals surface area contributed by atoms with Gasteiger partial charge in [0.25, 0.3) is 0 Å². The first-order chi connectivity index (χ1) is 6.25. The molecule has 0 aromatic rings. The van der Waals surface area contributed by atoms with E-state index in [1.165, 1.54) is 0 Å². The lowest BCUT2D eigenvalue weighted by Gasteiger charge is -2.22. The topological polar surface area (TPSA) is 61.8 Å². The predicted molar refractivity (Wildman–Crippen MR) is 40.0 cm³/mol. The monoisotopic (exact) mass is 184 g/mol. The Bertz CT molecular complexity index is 244. The molecule has 0 radical (unpaired) electrons. The molecule has 1 saturated heterocycles. The predicted octanol–water partition coefficient (Wildman–Crippen LogP) is 1.38. The number of hydrogen-bond donors (Lipinski definition) is 0. The maximum Gasteiger partial charge on any atom is 0.519 e. The average molecular weight is 184 g/mol. The quantitative estimate of drug-likeness (QED) is 0.323. The first-order valence-corrected chi connectivity index (χ1v) is 4.00. The molecule has 2 rings (SSSR count).